The summed E-state index contributed by atoms with van der Waals surface area (Å²) in [7, 11) is 1.39. The van der Waals surface area contributed by atoms with Crippen LogP contribution in [0.15, 0.2) is 18.2 Å². The zero-order chi connectivity index (χ0) is 16.2. The van der Waals surface area contributed by atoms with E-state index in [1.165, 1.54) is 7.05 Å². The van der Waals surface area contributed by atoms with Crippen molar-refractivity contribution in [1.82, 2.24) is 10.2 Å². The third-order valence-electron chi connectivity index (χ3n) is 2.57. The molecule has 0 atom stereocenters. The first-order valence-corrected chi connectivity index (χ1v) is 6.21. The van der Waals surface area contributed by atoms with Crippen LogP contribution in [0.1, 0.15) is 24.2 Å². The Hall–Kier alpha value is -2.51. The van der Waals surface area contributed by atoms with Gasteiger partial charge in [-0.15, -0.1) is 0 Å². The highest BCUT2D eigenvalue weighted by Crippen LogP contribution is 2.18. The lowest BCUT2D eigenvalue weighted by atomic mass is 10.1. The fraction of sp³-hybridized carbons (Fsp3) is 0.385. The molecule has 0 spiro atoms. The number of carbonyl (C=O) groups excluding carboxylic acids is 2. The maximum atomic E-state index is 13.5. The quantitative estimate of drug-likeness (QED) is 0.655. The molecule has 0 aliphatic rings. The minimum Gasteiger partial charge on any atom is -0.352 e. The van der Waals surface area contributed by atoms with Crippen LogP contribution >= 0.6 is 0 Å². The molecule has 0 aliphatic heterocycles. The number of amides is 2. The first-order valence-electron chi connectivity index (χ1n) is 6.21. The number of rotatable bonds is 5. The number of hydrogen-bond acceptors (Lipinski definition) is 4. The van der Waals surface area contributed by atoms with Gasteiger partial charge < -0.3 is 10.2 Å². The highest BCUT2D eigenvalue weighted by Gasteiger charge is 2.20. The molecule has 0 aliphatic carbocycles. The third kappa shape index (κ3) is 4.51. The summed E-state index contributed by atoms with van der Waals surface area (Å²) in [5, 5.41) is 13.1. The second-order valence-electron chi connectivity index (χ2n) is 4.81. The first-order chi connectivity index (χ1) is 9.72. The van der Waals surface area contributed by atoms with Crippen molar-refractivity contribution in [3.63, 3.8) is 0 Å². The topological polar surface area (TPSA) is 92.6 Å². The van der Waals surface area contributed by atoms with E-state index in [1.807, 2.05) is 0 Å². The van der Waals surface area contributed by atoms with Crippen LogP contribution in [-0.4, -0.2) is 41.3 Å². The predicted molar refractivity (Wildman–Crippen MR) is 73.3 cm³/mol. The van der Waals surface area contributed by atoms with Gasteiger partial charge in [0, 0.05) is 24.7 Å². The van der Waals surface area contributed by atoms with Crippen molar-refractivity contribution in [3.05, 3.63) is 39.7 Å². The minimum atomic E-state index is -1.09. The van der Waals surface area contributed by atoms with Gasteiger partial charge in [0.15, 0.2) is 0 Å². The summed E-state index contributed by atoms with van der Waals surface area (Å²) >= 11 is 0. The number of benzene rings is 1. The Morgan fingerprint density at radius 1 is 1.43 bits per heavy atom. The molecule has 21 heavy (non-hydrogen) atoms. The monoisotopic (exact) mass is 297 g/mol. The Kier molecular flexibility index (Phi) is 5.34. The fourth-order valence-electron chi connectivity index (χ4n) is 1.66. The fourth-order valence-corrected chi connectivity index (χ4v) is 1.66. The van der Waals surface area contributed by atoms with E-state index >= 15 is 0 Å². The number of nitrogens with one attached hydrogen (secondary N) is 1. The lowest BCUT2D eigenvalue weighted by Gasteiger charge is -2.18. The van der Waals surface area contributed by atoms with Gasteiger partial charge >= 0.3 is 5.69 Å². The molecule has 1 rings (SSSR count). The summed E-state index contributed by atoms with van der Waals surface area (Å²) < 4.78 is 13.5. The van der Waals surface area contributed by atoms with E-state index in [-0.39, 0.29) is 24.1 Å². The molecule has 1 aromatic carbocycles. The lowest BCUT2D eigenvalue weighted by Crippen LogP contribution is -2.40. The smallest absolute Gasteiger partial charge is 0.304 e. The molecular formula is C13H16FN3O4. The average molecular weight is 297 g/mol. The largest absolute Gasteiger partial charge is 0.352 e. The molecule has 0 radical (unpaired) electrons. The van der Waals surface area contributed by atoms with Crippen molar-refractivity contribution in [3.8, 4) is 0 Å². The van der Waals surface area contributed by atoms with Crippen molar-refractivity contribution >= 4 is 17.5 Å². The molecule has 8 heteroatoms. The molecule has 0 fully saturated rings. The number of nitro groups is 1. The summed E-state index contributed by atoms with van der Waals surface area (Å²) in [5.41, 5.74) is -0.760. The van der Waals surface area contributed by atoms with Crippen molar-refractivity contribution in [2.24, 2.45) is 0 Å². The summed E-state index contributed by atoms with van der Waals surface area (Å²) in [6, 6.07) is 2.81. The number of likely N-dealkylation sites (N-methyl/N-ethyl adjacent to an activating group) is 1. The first kappa shape index (κ1) is 16.5. The minimum absolute atomic E-state index is 0.0575. The molecule has 1 N–H and O–H groups in total. The van der Waals surface area contributed by atoms with Gasteiger partial charge in [-0.05, 0) is 26.0 Å². The molecule has 1 aromatic rings. The van der Waals surface area contributed by atoms with E-state index in [9.17, 15) is 24.1 Å². The molecular weight excluding hydrogens is 281 g/mol. The maximum Gasteiger partial charge on any atom is 0.304 e. The standard InChI is InChI=1S/C13H16FN3O4/c1-8(2)15-12(18)7-16(3)13(19)9-4-5-11(17(20)21)10(14)6-9/h4-6,8H,7H2,1-3H3,(H,15,18). The van der Waals surface area contributed by atoms with Gasteiger partial charge in [0.05, 0.1) is 11.5 Å². The number of nitrogens with zero attached hydrogens (tertiary/aromatic N) is 2. The molecule has 2 amide bonds. The highest BCUT2D eigenvalue weighted by molar-refractivity contribution is 5.96. The van der Waals surface area contributed by atoms with Gasteiger partial charge in [-0.25, -0.2) is 0 Å². The molecule has 0 heterocycles. The highest BCUT2D eigenvalue weighted by atomic mass is 19.1. The number of nitro benzene ring substituents is 1. The Bertz CT molecular complexity index is 575. The average Bonchev–Trinajstić information content (AvgIpc) is 2.35. The molecule has 0 saturated heterocycles. The van der Waals surface area contributed by atoms with Crippen LogP contribution in [0, 0.1) is 15.9 Å². The van der Waals surface area contributed by atoms with Crippen LogP contribution in [0.5, 0.6) is 0 Å². The van der Waals surface area contributed by atoms with Gasteiger partial charge in [-0.2, -0.15) is 4.39 Å². The lowest BCUT2D eigenvalue weighted by molar-refractivity contribution is -0.387. The van der Waals surface area contributed by atoms with E-state index in [0.717, 1.165) is 23.1 Å². The van der Waals surface area contributed by atoms with Gasteiger partial charge in [0.2, 0.25) is 11.7 Å². The summed E-state index contributed by atoms with van der Waals surface area (Å²) in [6.45, 7) is 3.38. The van der Waals surface area contributed by atoms with Gasteiger partial charge in [0.1, 0.15) is 0 Å². The third-order valence-corrected chi connectivity index (χ3v) is 2.57. The van der Waals surface area contributed by atoms with E-state index in [2.05, 4.69) is 5.32 Å². The zero-order valence-electron chi connectivity index (χ0n) is 11.9. The van der Waals surface area contributed by atoms with Crippen LogP contribution in [0.2, 0.25) is 0 Å². The van der Waals surface area contributed by atoms with Gasteiger partial charge in [0.25, 0.3) is 5.91 Å². The summed E-state index contributed by atoms with van der Waals surface area (Å²) in [5.74, 6) is -2.03. The van der Waals surface area contributed by atoms with Crippen LogP contribution in [0.3, 0.4) is 0 Å². The van der Waals surface area contributed by atoms with Gasteiger partial charge in [-0.1, -0.05) is 0 Å². The summed E-state index contributed by atoms with van der Waals surface area (Å²) in [4.78, 5) is 34.3. The number of halogens is 1. The van der Waals surface area contributed by atoms with Crippen LogP contribution in [0.4, 0.5) is 10.1 Å². The molecule has 114 valence electrons. The van der Waals surface area contributed by atoms with E-state index < -0.39 is 22.3 Å². The van der Waals surface area contributed by atoms with Gasteiger partial charge in [-0.3, -0.25) is 19.7 Å². The molecule has 0 aromatic heterocycles. The van der Waals surface area contributed by atoms with Crippen molar-refractivity contribution < 1.29 is 18.9 Å². The predicted octanol–water partition coefficient (Wildman–Crippen LogP) is 1.33. The SMILES string of the molecule is CC(C)NC(=O)CN(C)C(=O)c1ccc([N+](=O)[O-])c(F)c1. The van der Waals surface area contributed by atoms with E-state index in [4.69, 9.17) is 0 Å². The Morgan fingerprint density at radius 2 is 2.05 bits per heavy atom. The second kappa shape index (κ2) is 6.78. The normalized spacial score (nSPS) is 10.3. The maximum absolute atomic E-state index is 13.5. The van der Waals surface area contributed by atoms with Crippen molar-refractivity contribution in [2.45, 2.75) is 19.9 Å². The molecule has 0 unspecified atom stereocenters. The second-order valence-corrected chi connectivity index (χ2v) is 4.81. The van der Waals surface area contributed by atoms with Crippen molar-refractivity contribution in [1.29, 1.82) is 0 Å². The van der Waals surface area contributed by atoms with E-state index in [1.54, 1.807) is 13.8 Å². The van der Waals surface area contributed by atoms with Crippen LogP contribution < -0.4 is 5.32 Å². The Labute approximate surface area is 120 Å². The Balaban J connectivity index is 2.81. The van der Waals surface area contributed by atoms with E-state index in [0.29, 0.717) is 0 Å². The van der Waals surface area contributed by atoms with Crippen molar-refractivity contribution in [2.75, 3.05) is 13.6 Å². The molecule has 7 nitrogen and oxygen atoms in total. The summed E-state index contributed by atoms with van der Waals surface area (Å²) in [6.07, 6.45) is 0. The molecule has 0 saturated carbocycles. The number of hydrogen-bond donors (Lipinski definition) is 1. The number of carbonyl (C=O) groups is 2. The zero-order valence-corrected chi connectivity index (χ0v) is 11.9. The molecule has 0 bridgehead atoms. The Morgan fingerprint density at radius 3 is 2.52 bits per heavy atom. The van der Waals surface area contributed by atoms with Crippen LogP contribution in [-0.2, 0) is 4.79 Å². The van der Waals surface area contributed by atoms with Crippen LogP contribution in [0.25, 0.3) is 0 Å².